The Labute approximate surface area is 168 Å². The van der Waals surface area contributed by atoms with Gasteiger partial charge in [0.2, 0.25) is 5.89 Å². The molecule has 0 bridgehead atoms. The maximum absolute atomic E-state index is 13.6. The Morgan fingerprint density at radius 1 is 1.30 bits per heavy atom. The van der Waals surface area contributed by atoms with E-state index in [9.17, 15) is 17.6 Å². The molecule has 0 saturated carbocycles. The van der Waals surface area contributed by atoms with Crippen LogP contribution in [0.2, 0.25) is 0 Å². The molecule has 2 aromatic heterocycles. The number of hydrogen-bond acceptors (Lipinski definition) is 6. The van der Waals surface area contributed by atoms with Gasteiger partial charge in [-0.05, 0) is 30.3 Å². The van der Waals surface area contributed by atoms with Crippen molar-refractivity contribution in [1.29, 1.82) is 0 Å². The van der Waals surface area contributed by atoms with Gasteiger partial charge >= 0.3 is 12.1 Å². The lowest BCUT2D eigenvalue weighted by Crippen LogP contribution is -2.44. The van der Waals surface area contributed by atoms with Gasteiger partial charge in [-0.2, -0.15) is 27.9 Å². The van der Waals surface area contributed by atoms with Crippen molar-refractivity contribution in [2.75, 3.05) is 19.6 Å². The summed E-state index contributed by atoms with van der Waals surface area (Å²) in [6, 6.07) is 4.65. The average Bonchev–Trinajstić information content (AvgIpc) is 3.24. The SMILES string of the molecule is CCc1nn(-c2noc(C3CN(CC)C3)n2)c2cc(F)ccc12.O=C(O)C(F)(F)F. The number of aromatic nitrogens is 4. The van der Waals surface area contributed by atoms with Gasteiger partial charge in [0, 0.05) is 24.5 Å². The smallest absolute Gasteiger partial charge is 0.475 e. The van der Waals surface area contributed by atoms with Crippen molar-refractivity contribution in [3.05, 3.63) is 35.6 Å². The zero-order valence-corrected chi connectivity index (χ0v) is 16.1. The van der Waals surface area contributed by atoms with Crippen molar-refractivity contribution >= 4 is 16.9 Å². The van der Waals surface area contributed by atoms with Crippen LogP contribution >= 0.6 is 0 Å². The van der Waals surface area contributed by atoms with E-state index in [0.717, 1.165) is 37.1 Å². The number of benzene rings is 1. The van der Waals surface area contributed by atoms with Crippen molar-refractivity contribution in [2.24, 2.45) is 0 Å². The van der Waals surface area contributed by atoms with Crippen LogP contribution in [0.3, 0.4) is 0 Å². The van der Waals surface area contributed by atoms with Crippen molar-refractivity contribution in [1.82, 2.24) is 24.8 Å². The average molecular weight is 429 g/mol. The maximum atomic E-state index is 13.6. The van der Waals surface area contributed by atoms with E-state index in [-0.39, 0.29) is 11.7 Å². The third kappa shape index (κ3) is 4.42. The standard InChI is InChI=1S/C16H18FN5O.C2HF3O2/c1-3-13-12-6-5-11(17)7-14(12)22(19-13)16-18-15(23-20-16)10-8-21(4-2)9-10;3-2(4,5)1(6)7/h5-7,10H,3-4,8-9H2,1-2H3;(H,6,7). The van der Waals surface area contributed by atoms with E-state index >= 15 is 0 Å². The fraction of sp³-hybridized carbons (Fsp3) is 0.444. The van der Waals surface area contributed by atoms with E-state index in [1.165, 1.54) is 12.1 Å². The first kappa shape index (κ1) is 21.7. The molecule has 0 spiro atoms. The highest BCUT2D eigenvalue weighted by Gasteiger charge is 2.38. The van der Waals surface area contributed by atoms with Gasteiger partial charge < -0.3 is 14.5 Å². The molecule has 12 heteroatoms. The normalized spacial score (nSPS) is 15.0. The number of likely N-dealkylation sites (N-methyl/N-ethyl adjacent to an activating group) is 1. The van der Waals surface area contributed by atoms with Gasteiger partial charge in [0.05, 0.1) is 17.1 Å². The number of carbonyl (C=O) groups is 1. The predicted molar refractivity (Wildman–Crippen MR) is 96.8 cm³/mol. The molecular formula is C18H19F4N5O3. The van der Waals surface area contributed by atoms with Gasteiger partial charge in [0.1, 0.15) is 5.82 Å². The Bertz CT molecular complexity index is 1040. The van der Waals surface area contributed by atoms with E-state index in [2.05, 4.69) is 27.1 Å². The summed E-state index contributed by atoms with van der Waals surface area (Å²) in [7, 11) is 0. The Kier molecular flexibility index (Phi) is 6.06. The van der Waals surface area contributed by atoms with E-state index < -0.39 is 12.1 Å². The first-order valence-corrected chi connectivity index (χ1v) is 9.17. The van der Waals surface area contributed by atoms with Gasteiger partial charge in [0.25, 0.3) is 5.95 Å². The number of carboxylic acids is 1. The molecule has 3 heterocycles. The summed E-state index contributed by atoms with van der Waals surface area (Å²) >= 11 is 0. The van der Waals surface area contributed by atoms with E-state index in [1.54, 1.807) is 10.7 Å². The van der Waals surface area contributed by atoms with Crippen LogP contribution in [0.5, 0.6) is 0 Å². The number of carboxylic acid groups (broad SMARTS) is 1. The molecule has 1 fully saturated rings. The summed E-state index contributed by atoms with van der Waals surface area (Å²) in [5.74, 6) is -1.79. The Balaban J connectivity index is 0.000000318. The molecule has 30 heavy (non-hydrogen) atoms. The van der Waals surface area contributed by atoms with Crippen LogP contribution in [-0.4, -0.2) is 61.7 Å². The van der Waals surface area contributed by atoms with Crippen molar-refractivity contribution in [3.63, 3.8) is 0 Å². The molecule has 1 aliphatic rings. The topological polar surface area (TPSA) is 97.3 Å². The minimum absolute atomic E-state index is 0.278. The second-order valence-corrected chi connectivity index (χ2v) is 6.66. The molecule has 1 aliphatic heterocycles. The van der Waals surface area contributed by atoms with E-state index in [0.29, 0.717) is 17.4 Å². The number of hydrogen-bond donors (Lipinski definition) is 1. The van der Waals surface area contributed by atoms with Crippen LogP contribution in [0.25, 0.3) is 16.9 Å². The summed E-state index contributed by atoms with van der Waals surface area (Å²) in [5.41, 5.74) is 1.56. The maximum Gasteiger partial charge on any atom is 0.490 e. The monoisotopic (exact) mass is 429 g/mol. The highest BCUT2D eigenvalue weighted by atomic mass is 19.4. The minimum Gasteiger partial charge on any atom is -0.475 e. The molecule has 0 unspecified atom stereocenters. The zero-order chi connectivity index (χ0) is 22.1. The summed E-state index contributed by atoms with van der Waals surface area (Å²) < 4.78 is 52.3. The predicted octanol–water partition coefficient (Wildman–Crippen LogP) is 3.16. The number of aryl methyl sites for hydroxylation is 1. The number of likely N-dealkylation sites (tertiary alicyclic amines) is 1. The lowest BCUT2D eigenvalue weighted by molar-refractivity contribution is -0.192. The third-order valence-corrected chi connectivity index (χ3v) is 4.67. The highest BCUT2D eigenvalue weighted by Crippen LogP contribution is 2.27. The molecule has 1 saturated heterocycles. The van der Waals surface area contributed by atoms with Crippen LogP contribution in [0.1, 0.15) is 31.4 Å². The van der Waals surface area contributed by atoms with Crippen LogP contribution < -0.4 is 0 Å². The Hall–Kier alpha value is -3.02. The molecule has 4 rings (SSSR count). The molecule has 0 atom stereocenters. The fourth-order valence-electron chi connectivity index (χ4n) is 3.03. The van der Waals surface area contributed by atoms with Crippen LogP contribution in [0.4, 0.5) is 17.6 Å². The number of nitrogens with zero attached hydrogens (tertiary/aromatic N) is 5. The number of fused-ring (bicyclic) bond motifs is 1. The van der Waals surface area contributed by atoms with Gasteiger partial charge in [-0.15, -0.1) is 0 Å². The summed E-state index contributed by atoms with van der Waals surface area (Å²) in [6.07, 6.45) is -4.33. The zero-order valence-electron chi connectivity index (χ0n) is 16.1. The van der Waals surface area contributed by atoms with Crippen molar-refractivity contribution in [3.8, 4) is 5.95 Å². The molecular weight excluding hydrogens is 410 g/mol. The number of rotatable bonds is 4. The van der Waals surface area contributed by atoms with Crippen LogP contribution in [-0.2, 0) is 11.2 Å². The number of alkyl halides is 3. The molecule has 0 amide bonds. The van der Waals surface area contributed by atoms with Crippen LogP contribution in [0, 0.1) is 5.82 Å². The van der Waals surface area contributed by atoms with Crippen molar-refractivity contribution < 1.29 is 32.0 Å². The third-order valence-electron chi connectivity index (χ3n) is 4.67. The van der Waals surface area contributed by atoms with Crippen LogP contribution in [0.15, 0.2) is 22.7 Å². The Morgan fingerprint density at radius 3 is 2.53 bits per heavy atom. The van der Waals surface area contributed by atoms with Gasteiger partial charge in [-0.3, -0.25) is 0 Å². The van der Waals surface area contributed by atoms with E-state index in [4.69, 9.17) is 14.4 Å². The first-order chi connectivity index (χ1) is 14.1. The largest absolute Gasteiger partial charge is 0.490 e. The molecule has 8 nitrogen and oxygen atoms in total. The highest BCUT2D eigenvalue weighted by molar-refractivity contribution is 5.83. The molecule has 162 valence electrons. The molecule has 1 aromatic carbocycles. The quantitative estimate of drug-likeness (QED) is 0.637. The van der Waals surface area contributed by atoms with Crippen molar-refractivity contribution in [2.45, 2.75) is 32.4 Å². The molecule has 3 aromatic rings. The molecule has 1 N–H and O–H groups in total. The summed E-state index contributed by atoms with van der Waals surface area (Å²) in [6.45, 7) is 7.05. The number of aliphatic carboxylic acids is 1. The van der Waals surface area contributed by atoms with Gasteiger partial charge in [-0.1, -0.05) is 13.8 Å². The molecule has 0 aliphatic carbocycles. The lowest BCUT2D eigenvalue weighted by atomic mass is 10.0. The van der Waals surface area contributed by atoms with Gasteiger partial charge in [0.15, 0.2) is 0 Å². The second kappa shape index (κ2) is 8.38. The first-order valence-electron chi connectivity index (χ1n) is 9.17. The minimum atomic E-state index is -5.08. The Morgan fingerprint density at radius 2 is 1.97 bits per heavy atom. The fourth-order valence-corrected chi connectivity index (χ4v) is 3.03. The second-order valence-electron chi connectivity index (χ2n) is 6.66. The van der Waals surface area contributed by atoms with Gasteiger partial charge in [-0.25, -0.2) is 9.18 Å². The summed E-state index contributed by atoms with van der Waals surface area (Å²) in [5, 5.41) is 16.6. The molecule has 0 radical (unpaired) electrons. The summed E-state index contributed by atoms with van der Waals surface area (Å²) in [4.78, 5) is 15.7. The lowest BCUT2D eigenvalue weighted by Gasteiger charge is -2.35. The van der Waals surface area contributed by atoms with E-state index in [1.807, 2.05) is 6.92 Å². The number of halogens is 4.